The molecule has 1 heterocycles. The van der Waals surface area contributed by atoms with Crippen molar-refractivity contribution < 1.29 is 4.79 Å². The highest BCUT2D eigenvalue weighted by molar-refractivity contribution is 5.75. The Kier molecular flexibility index (Phi) is 2.14. The first-order chi connectivity index (χ1) is 6.81. The topological polar surface area (TPSA) is 34.9 Å². The van der Waals surface area contributed by atoms with Crippen molar-refractivity contribution in [3.05, 3.63) is 42.1 Å². The molecule has 0 aliphatic heterocycles. The molecule has 0 saturated heterocycles. The van der Waals surface area contributed by atoms with Gasteiger partial charge in [0.05, 0.1) is 5.69 Å². The molecule has 0 saturated carbocycles. The number of aromatic nitrogens is 2. The van der Waals surface area contributed by atoms with Gasteiger partial charge in [0.25, 0.3) is 0 Å². The van der Waals surface area contributed by atoms with Crippen molar-refractivity contribution in [1.29, 1.82) is 0 Å². The van der Waals surface area contributed by atoms with Crippen molar-refractivity contribution in [3.63, 3.8) is 0 Å². The van der Waals surface area contributed by atoms with Gasteiger partial charge in [-0.2, -0.15) is 5.10 Å². The highest BCUT2D eigenvalue weighted by atomic mass is 16.1. The summed E-state index contributed by atoms with van der Waals surface area (Å²) in [6.45, 7) is 0. The summed E-state index contributed by atoms with van der Waals surface area (Å²) in [5.41, 5.74) is 2.44. The summed E-state index contributed by atoms with van der Waals surface area (Å²) in [5, 5.41) is 4.24. The van der Waals surface area contributed by atoms with Crippen LogP contribution in [0.1, 0.15) is 10.5 Å². The van der Waals surface area contributed by atoms with Gasteiger partial charge in [-0.1, -0.05) is 30.3 Å². The van der Waals surface area contributed by atoms with Crippen LogP contribution in [0.2, 0.25) is 0 Å². The third-order valence-corrected chi connectivity index (χ3v) is 2.11. The zero-order valence-electron chi connectivity index (χ0n) is 7.84. The van der Waals surface area contributed by atoms with Gasteiger partial charge >= 0.3 is 0 Å². The van der Waals surface area contributed by atoms with E-state index in [0.717, 1.165) is 17.5 Å². The molecule has 1 aromatic carbocycles. The molecule has 0 N–H and O–H groups in total. The molecule has 0 fully saturated rings. The summed E-state index contributed by atoms with van der Waals surface area (Å²) in [5.74, 6) is 0. The largest absolute Gasteiger partial charge is 0.296 e. The number of hydrogen-bond donors (Lipinski definition) is 0. The first-order valence-electron chi connectivity index (χ1n) is 4.36. The van der Waals surface area contributed by atoms with E-state index in [9.17, 15) is 4.79 Å². The van der Waals surface area contributed by atoms with Crippen molar-refractivity contribution in [2.75, 3.05) is 0 Å². The first-order valence-corrected chi connectivity index (χ1v) is 4.36. The molecule has 3 heteroatoms. The molecular formula is C11H10N2O. The monoisotopic (exact) mass is 186 g/mol. The fourth-order valence-electron chi connectivity index (χ4n) is 1.34. The number of rotatable bonds is 2. The number of hydrogen-bond acceptors (Lipinski definition) is 2. The summed E-state index contributed by atoms with van der Waals surface area (Å²) in [4.78, 5) is 10.6. The van der Waals surface area contributed by atoms with E-state index in [-0.39, 0.29) is 0 Å². The highest BCUT2D eigenvalue weighted by Crippen LogP contribution is 2.17. The Balaban J connectivity index is 2.48. The second kappa shape index (κ2) is 3.46. The maximum Gasteiger partial charge on any atom is 0.168 e. The summed E-state index contributed by atoms with van der Waals surface area (Å²) >= 11 is 0. The molecule has 0 unspecified atom stereocenters. The lowest BCUT2D eigenvalue weighted by atomic mass is 10.1. The van der Waals surface area contributed by atoms with Gasteiger partial charge < -0.3 is 0 Å². The molecule has 0 amide bonds. The second-order valence-corrected chi connectivity index (χ2v) is 3.06. The number of aryl methyl sites for hydroxylation is 1. The number of aldehydes is 1. The zero-order valence-corrected chi connectivity index (χ0v) is 7.84. The Hall–Kier alpha value is -1.90. The maximum atomic E-state index is 10.6. The van der Waals surface area contributed by atoms with E-state index in [0.29, 0.717) is 5.69 Å². The van der Waals surface area contributed by atoms with E-state index in [2.05, 4.69) is 5.10 Å². The van der Waals surface area contributed by atoms with Gasteiger partial charge in [0, 0.05) is 12.6 Å². The predicted molar refractivity (Wildman–Crippen MR) is 54.0 cm³/mol. The Morgan fingerprint density at radius 1 is 1.29 bits per heavy atom. The smallest absolute Gasteiger partial charge is 0.168 e. The van der Waals surface area contributed by atoms with Gasteiger partial charge in [0.1, 0.15) is 5.69 Å². The van der Waals surface area contributed by atoms with Gasteiger partial charge in [-0.05, 0) is 6.07 Å². The summed E-state index contributed by atoms with van der Waals surface area (Å²) < 4.78 is 1.58. The lowest BCUT2D eigenvalue weighted by molar-refractivity contribution is 0.111. The van der Waals surface area contributed by atoms with Crippen LogP contribution in [0.15, 0.2) is 36.4 Å². The van der Waals surface area contributed by atoms with E-state index in [4.69, 9.17) is 0 Å². The van der Waals surface area contributed by atoms with E-state index < -0.39 is 0 Å². The van der Waals surface area contributed by atoms with Gasteiger partial charge in [-0.25, -0.2) is 0 Å². The molecule has 3 nitrogen and oxygen atoms in total. The number of nitrogens with zero attached hydrogens (tertiary/aromatic N) is 2. The van der Waals surface area contributed by atoms with Crippen LogP contribution >= 0.6 is 0 Å². The summed E-state index contributed by atoms with van der Waals surface area (Å²) in [6, 6.07) is 11.6. The molecule has 2 rings (SSSR count). The lowest BCUT2D eigenvalue weighted by Crippen LogP contribution is -1.95. The minimum Gasteiger partial charge on any atom is -0.296 e. The third-order valence-electron chi connectivity index (χ3n) is 2.11. The average molecular weight is 186 g/mol. The van der Waals surface area contributed by atoms with Crippen LogP contribution in [-0.2, 0) is 7.05 Å². The van der Waals surface area contributed by atoms with Crippen molar-refractivity contribution in [1.82, 2.24) is 9.78 Å². The predicted octanol–water partition coefficient (Wildman–Crippen LogP) is 1.90. The van der Waals surface area contributed by atoms with Crippen LogP contribution in [0.25, 0.3) is 11.3 Å². The standard InChI is InChI=1S/C11H10N2O/c1-13-10(8-14)7-11(12-13)9-5-3-2-4-6-9/h2-8H,1H3. The Labute approximate surface area is 82.0 Å². The average Bonchev–Trinajstić information content (AvgIpc) is 2.61. The van der Waals surface area contributed by atoms with Crippen LogP contribution in [0.5, 0.6) is 0 Å². The molecule has 0 spiro atoms. The Bertz CT molecular complexity index is 446. The van der Waals surface area contributed by atoms with Crippen LogP contribution in [-0.4, -0.2) is 16.1 Å². The number of carbonyl (C=O) groups excluding carboxylic acids is 1. The van der Waals surface area contributed by atoms with E-state index in [1.807, 2.05) is 30.3 Å². The molecule has 1 aromatic heterocycles. The van der Waals surface area contributed by atoms with E-state index >= 15 is 0 Å². The highest BCUT2D eigenvalue weighted by Gasteiger charge is 2.04. The number of benzene rings is 1. The first kappa shape index (κ1) is 8.69. The molecule has 0 aliphatic carbocycles. The van der Waals surface area contributed by atoms with Gasteiger partial charge in [0.15, 0.2) is 6.29 Å². The molecular weight excluding hydrogens is 176 g/mol. The van der Waals surface area contributed by atoms with E-state index in [1.165, 1.54) is 0 Å². The quantitative estimate of drug-likeness (QED) is 0.671. The van der Waals surface area contributed by atoms with Crippen LogP contribution < -0.4 is 0 Å². The van der Waals surface area contributed by atoms with Crippen LogP contribution in [0.4, 0.5) is 0 Å². The van der Waals surface area contributed by atoms with Gasteiger partial charge in [0.2, 0.25) is 0 Å². The number of carbonyl (C=O) groups is 1. The lowest BCUT2D eigenvalue weighted by Gasteiger charge is -1.93. The fraction of sp³-hybridized carbons (Fsp3) is 0.0909. The van der Waals surface area contributed by atoms with Crippen molar-refractivity contribution in [3.8, 4) is 11.3 Å². The summed E-state index contributed by atoms with van der Waals surface area (Å²) in [6.07, 6.45) is 0.805. The van der Waals surface area contributed by atoms with Crippen molar-refractivity contribution in [2.45, 2.75) is 0 Å². The maximum absolute atomic E-state index is 10.6. The SMILES string of the molecule is Cn1nc(-c2ccccc2)cc1C=O. The van der Waals surface area contributed by atoms with Gasteiger partial charge in [-0.3, -0.25) is 9.48 Å². The minimum atomic E-state index is 0.587. The molecule has 0 aliphatic rings. The third kappa shape index (κ3) is 1.44. The van der Waals surface area contributed by atoms with Crippen molar-refractivity contribution >= 4 is 6.29 Å². The fourth-order valence-corrected chi connectivity index (χ4v) is 1.34. The summed E-state index contributed by atoms with van der Waals surface area (Å²) in [7, 11) is 1.76. The Morgan fingerprint density at radius 2 is 2.00 bits per heavy atom. The molecule has 0 bridgehead atoms. The second-order valence-electron chi connectivity index (χ2n) is 3.06. The molecule has 0 atom stereocenters. The Morgan fingerprint density at radius 3 is 2.57 bits per heavy atom. The molecule has 2 aromatic rings. The molecule has 70 valence electrons. The van der Waals surface area contributed by atoms with Crippen LogP contribution in [0, 0.1) is 0 Å². The van der Waals surface area contributed by atoms with Gasteiger partial charge in [-0.15, -0.1) is 0 Å². The molecule has 0 radical (unpaired) electrons. The molecule has 14 heavy (non-hydrogen) atoms. The van der Waals surface area contributed by atoms with Crippen LogP contribution in [0.3, 0.4) is 0 Å². The normalized spacial score (nSPS) is 10.1. The zero-order chi connectivity index (χ0) is 9.97. The van der Waals surface area contributed by atoms with E-state index in [1.54, 1.807) is 17.8 Å². The van der Waals surface area contributed by atoms with Crippen molar-refractivity contribution in [2.24, 2.45) is 7.05 Å². The minimum absolute atomic E-state index is 0.587.